The second-order valence-electron chi connectivity index (χ2n) is 4.78. The largest absolute Gasteiger partial charge is 0.442 e. The lowest BCUT2D eigenvalue weighted by Crippen LogP contribution is -2.37. The molecule has 0 aliphatic carbocycles. The van der Waals surface area contributed by atoms with E-state index >= 15 is 0 Å². The van der Waals surface area contributed by atoms with E-state index in [2.05, 4.69) is 5.43 Å². The van der Waals surface area contributed by atoms with Crippen LogP contribution in [0.5, 0.6) is 0 Å². The standard InChI is InChI=1S/C12H16Cl2N2O2/c1-12(2,3)18-11(17)16(4)15-10-7-8(13)5-6-9(10)14/h5-7,15H,1-4H3. The molecule has 100 valence electrons. The molecule has 1 rings (SSSR count). The Bertz CT molecular complexity index is 444. The maximum Gasteiger partial charge on any atom is 0.428 e. The van der Waals surface area contributed by atoms with E-state index < -0.39 is 11.7 Å². The molecule has 0 saturated heterocycles. The highest BCUT2D eigenvalue weighted by molar-refractivity contribution is 6.35. The highest BCUT2D eigenvalue weighted by atomic mass is 35.5. The number of anilines is 1. The fraction of sp³-hybridized carbons (Fsp3) is 0.417. The van der Waals surface area contributed by atoms with Gasteiger partial charge in [0.25, 0.3) is 0 Å². The van der Waals surface area contributed by atoms with Crippen molar-refractivity contribution in [3.05, 3.63) is 28.2 Å². The van der Waals surface area contributed by atoms with Crippen LogP contribution in [0.25, 0.3) is 0 Å². The summed E-state index contributed by atoms with van der Waals surface area (Å²) in [5, 5.41) is 2.21. The molecule has 0 atom stereocenters. The van der Waals surface area contributed by atoms with Crippen molar-refractivity contribution < 1.29 is 9.53 Å². The summed E-state index contributed by atoms with van der Waals surface area (Å²) in [6, 6.07) is 4.95. The van der Waals surface area contributed by atoms with Gasteiger partial charge >= 0.3 is 6.09 Å². The lowest BCUT2D eigenvalue weighted by molar-refractivity contribution is 0.0339. The lowest BCUT2D eigenvalue weighted by Gasteiger charge is -2.25. The van der Waals surface area contributed by atoms with E-state index in [0.29, 0.717) is 15.7 Å². The Morgan fingerprint density at radius 2 is 1.94 bits per heavy atom. The van der Waals surface area contributed by atoms with Gasteiger partial charge in [-0.25, -0.2) is 9.80 Å². The van der Waals surface area contributed by atoms with E-state index in [1.54, 1.807) is 46.0 Å². The molecular formula is C12H16Cl2N2O2. The molecule has 1 aromatic rings. The number of rotatable bonds is 2. The summed E-state index contributed by atoms with van der Waals surface area (Å²) >= 11 is 11.8. The van der Waals surface area contributed by atoms with Crippen LogP contribution in [0.2, 0.25) is 10.0 Å². The van der Waals surface area contributed by atoms with Crippen molar-refractivity contribution in [2.45, 2.75) is 26.4 Å². The van der Waals surface area contributed by atoms with E-state index in [4.69, 9.17) is 27.9 Å². The van der Waals surface area contributed by atoms with Gasteiger partial charge in [0.2, 0.25) is 0 Å². The number of hydrazine groups is 1. The zero-order valence-corrected chi connectivity index (χ0v) is 12.3. The van der Waals surface area contributed by atoms with Crippen LogP contribution in [-0.2, 0) is 4.74 Å². The van der Waals surface area contributed by atoms with E-state index in [1.165, 1.54) is 5.01 Å². The van der Waals surface area contributed by atoms with E-state index in [-0.39, 0.29) is 0 Å². The van der Waals surface area contributed by atoms with Crippen molar-refractivity contribution in [1.29, 1.82) is 0 Å². The Hall–Kier alpha value is -1.13. The summed E-state index contributed by atoms with van der Waals surface area (Å²) in [5.41, 5.74) is 2.80. The Morgan fingerprint density at radius 3 is 2.50 bits per heavy atom. The number of hydrogen-bond acceptors (Lipinski definition) is 3. The maximum absolute atomic E-state index is 11.7. The summed E-state index contributed by atoms with van der Waals surface area (Å²) in [6.45, 7) is 5.39. The molecule has 0 saturated carbocycles. The molecule has 0 unspecified atom stereocenters. The molecule has 0 bridgehead atoms. The third-order valence-corrected chi connectivity index (χ3v) is 2.45. The first-order valence-electron chi connectivity index (χ1n) is 5.37. The number of nitrogens with zero attached hydrogens (tertiary/aromatic N) is 1. The first kappa shape index (κ1) is 14.9. The summed E-state index contributed by atoms with van der Waals surface area (Å²) in [7, 11) is 1.55. The number of carbonyl (C=O) groups excluding carboxylic acids is 1. The van der Waals surface area contributed by atoms with Crippen LogP contribution in [0, 0.1) is 0 Å². The predicted molar refractivity (Wildman–Crippen MR) is 74.1 cm³/mol. The molecule has 1 aromatic carbocycles. The Labute approximate surface area is 117 Å². The van der Waals surface area contributed by atoms with Gasteiger partial charge in [-0.2, -0.15) is 0 Å². The number of halogens is 2. The summed E-state index contributed by atoms with van der Waals surface area (Å²) in [5.74, 6) is 0. The predicted octanol–water partition coefficient (Wildman–Crippen LogP) is 4.19. The third-order valence-electron chi connectivity index (χ3n) is 1.88. The van der Waals surface area contributed by atoms with Gasteiger partial charge in [0.15, 0.2) is 0 Å². The van der Waals surface area contributed by atoms with E-state index in [0.717, 1.165) is 0 Å². The topological polar surface area (TPSA) is 41.6 Å². The van der Waals surface area contributed by atoms with Gasteiger partial charge in [-0.15, -0.1) is 0 Å². The van der Waals surface area contributed by atoms with E-state index in [9.17, 15) is 4.79 Å². The van der Waals surface area contributed by atoms with E-state index in [1.807, 2.05) is 0 Å². The smallest absolute Gasteiger partial charge is 0.428 e. The monoisotopic (exact) mass is 290 g/mol. The molecule has 4 nitrogen and oxygen atoms in total. The number of benzene rings is 1. The fourth-order valence-electron chi connectivity index (χ4n) is 1.14. The van der Waals surface area contributed by atoms with Crippen LogP contribution in [0.3, 0.4) is 0 Å². The van der Waals surface area contributed by atoms with Crippen molar-refractivity contribution >= 4 is 35.0 Å². The molecule has 0 aliphatic heterocycles. The summed E-state index contributed by atoms with van der Waals surface area (Å²) in [4.78, 5) is 11.7. The number of hydrogen-bond donors (Lipinski definition) is 1. The van der Waals surface area contributed by atoms with Gasteiger partial charge in [-0.05, 0) is 39.0 Å². The van der Waals surface area contributed by atoms with Gasteiger partial charge in [-0.1, -0.05) is 23.2 Å². The second kappa shape index (κ2) is 5.67. The lowest BCUT2D eigenvalue weighted by atomic mass is 10.2. The first-order chi connectivity index (χ1) is 8.19. The molecule has 6 heteroatoms. The number of amides is 1. The zero-order chi connectivity index (χ0) is 13.9. The molecule has 0 spiro atoms. The van der Waals surface area contributed by atoms with Crippen LogP contribution in [0.15, 0.2) is 18.2 Å². The minimum Gasteiger partial charge on any atom is -0.442 e. The zero-order valence-electron chi connectivity index (χ0n) is 10.8. The number of ether oxygens (including phenoxy) is 1. The van der Waals surface area contributed by atoms with Gasteiger partial charge in [0.1, 0.15) is 5.60 Å². The van der Waals surface area contributed by atoms with Gasteiger partial charge in [0, 0.05) is 12.1 Å². The highest BCUT2D eigenvalue weighted by Crippen LogP contribution is 2.25. The van der Waals surface area contributed by atoms with Gasteiger partial charge < -0.3 is 4.74 Å². The fourth-order valence-corrected chi connectivity index (χ4v) is 1.47. The molecule has 18 heavy (non-hydrogen) atoms. The Balaban J connectivity index is 2.72. The van der Waals surface area contributed by atoms with Gasteiger partial charge in [0.05, 0.1) is 10.7 Å². The summed E-state index contributed by atoms with van der Waals surface area (Å²) < 4.78 is 5.19. The minimum absolute atomic E-state index is 0.467. The molecule has 0 heterocycles. The molecule has 1 N–H and O–H groups in total. The molecule has 1 amide bonds. The van der Waals surface area contributed by atoms with Crippen molar-refractivity contribution in [1.82, 2.24) is 5.01 Å². The molecule has 0 aliphatic rings. The van der Waals surface area contributed by atoms with Crippen LogP contribution < -0.4 is 5.43 Å². The van der Waals surface area contributed by atoms with Crippen LogP contribution in [0.1, 0.15) is 20.8 Å². The SMILES string of the molecule is CN(Nc1cc(Cl)ccc1Cl)C(=O)OC(C)(C)C. The second-order valence-corrected chi connectivity index (χ2v) is 5.62. The third kappa shape index (κ3) is 4.63. The molecule has 0 aromatic heterocycles. The Kier molecular flexibility index (Phi) is 4.71. The average Bonchev–Trinajstić information content (AvgIpc) is 2.21. The van der Waals surface area contributed by atoms with Crippen molar-refractivity contribution in [3.8, 4) is 0 Å². The average molecular weight is 291 g/mol. The van der Waals surface area contributed by atoms with Crippen molar-refractivity contribution in [2.24, 2.45) is 0 Å². The molecular weight excluding hydrogens is 275 g/mol. The number of carbonyl (C=O) groups is 1. The highest BCUT2D eigenvalue weighted by Gasteiger charge is 2.20. The minimum atomic E-state index is -0.550. The number of nitrogens with one attached hydrogen (secondary N) is 1. The first-order valence-corrected chi connectivity index (χ1v) is 6.13. The van der Waals surface area contributed by atoms with Crippen LogP contribution in [-0.4, -0.2) is 23.8 Å². The summed E-state index contributed by atoms with van der Waals surface area (Å²) in [6.07, 6.45) is -0.501. The van der Waals surface area contributed by atoms with Crippen molar-refractivity contribution in [2.75, 3.05) is 12.5 Å². The van der Waals surface area contributed by atoms with Crippen molar-refractivity contribution in [3.63, 3.8) is 0 Å². The maximum atomic E-state index is 11.7. The normalized spacial score (nSPS) is 11.0. The van der Waals surface area contributed by atoms with Crippen LogP contribution in [0.4, 0.5) is 10.5 Å². The Morgan fingerprint density at radius 1 is 1.33 bits per heavy atom. The van der Waals surface area contributed by atoms with Crippen LogP contribution >= 0.6 is 23.2 Å². The quantitative estimate of drug-likeness (QED) is 0.831. The van der Waals surface area contributed by atoms with Gasteiger partial charge in [-0.3, -0.25) is 5.43 Å². The molecule has 0 fully saturated rings. The molecule has 0 radical (unpaired) electrons.